The summed E-state index contributed by atoms with van der Waals surface area (Å²) in [5.41, 5.74) is 0.0814. The van der Waals surface area contributed by atoms with Crippen LogP contribution in [0.1, 0.15) is 48.5 Å². The topological polar surface area (TPSA) is 9.23 Å². The first-order valence-electron chi connectivity index (χ1n) is 4.98. The van der Waals surface area contributed by atoms with Crippen LogP contribution in [-0.2, 0) is 4.74 Å². The van der Waals surface area contributed by atoms with E-state index >= 15 is 0 Å². The van der Waals surface area contributed by atoms with Gasteiger partial charge in [-0.2, -0.15) is 0 Å². The van der Waals surface area contributed by atoms with Crippen LogP contribution in [0.15, 0.2) is 0 Å². The Labute approximate surface area is 135 Å². The summed E-state index contributed by atoms with van der Waals surface area (Å²) in [4.78, 5) is 0. The monoisotopic (exact) mass is 550 g/mol. The molecule has 1 nitrogen and oxygen atoms in total. The molecule has 0 aromatic rings. The molecule has 0 bridgehead atoms. The lowest BCUT2D eigenvalue weighted by Crippen LogP contribution is -2.51. The zero-order chi connectivity index (χ0) is 12.7. The minimum atomic E-state index is -0.192. The molecule has 0 aromatic carbocycles. The highest BCUT2D eigenvalue weighted by Crippen LogP contribution is 2.57. The fourth-order valence-corrected chi connectivity index (χ4v) is 3.00. The molecule has 0 saturated heterocycles. The molecule has 0 fully saturated rings. The van der Waals surface area contributed by atoms with Crippen molar-refractivity contribution in [2.45, 2.75) is 59.1 Å². The van der Waals surface area contributed by atoms with E-state index in [1.807, 2.05) is 0 Å². The molecule has 92 valence electrons. The van der Waals surface area contributed by atoms with Crippen LogP contribution >= 0.6 is 67.8 Å². The van der Waals surface area contributed by atoms with Gasteiger partial charge in [0.05, 0.1) is 5.60 Å². The first kappa shape index (κ1) is 17.2. The van der Waals surface area contributed by atoms with Gasteiger partial charge in [-0.3, -0.25) is 0 Å². The molecule has 0 amide bonds. The second kappa shape index (κ2) is 5.03. The highest BCUT2D eigenvalue weighted by Gasteiger charge is 2.53. The standard InChI is InChI=1S/C11H21I3O/c1-8(2,3)11(13,14)10(7,12)15-9(4,5)6/h1-7H3. The van der Waals surface area contributed by atoms with Crippen molar-refractivity contribution in [3.8, 4) is 0 Å². The van der Waals surface area contributed by atoms with E-state index in [-0.39, 0.29) is 16.1 Å². The van der Waals surface area contributed by atoms with Gasteiger partial charge in [0, 0.05) is 0 Å². The molecule has 0 aliphatic heterocycles. The highest BCUT2D eigenvalue weighted by atomic mass is 127. The molecule has 0 N–H and O–H groups in total. The maximum Gasteiger partial charge on any atom is 0.140 e. The van der Waals surface area contributed by atoms with Gasteiger partial charge in [0.1, 0.15) is 5.04 Å². The van der Waals surface area contributed by atoms with Crippen LogP contribution < -0.4 is 0 Å². The Kier molecular flexibility index (Phi) is 5.75. The van der Waals surface area contributed by atoms with Crippen LogP contribution in [0.2, 0.25) is 0 Å². The van der Waals surface area contributed by atoms with Crippen molar-refractivity contribution >= 4 is 67.8 Å². The number of rotatable bonds is 2. The van der Waals surface area contributed by atoms with E-state index in [0.29, 0.717) is 0 Å². The van der Waals surface area contributed by atoms with Gasteiger partial charge in [0.15, 0.2) is 0 Å². The fraction of sp³-hybridized carbons (Fsp3) is 1.00. The lowest BCUT2D eigenvalue weighted by Gasteiger charge is -2.47. The predicted octanol–water partition coefficient (Wildman–Crippen LogP) is 5.57. The third-order valence-electron chi connectivity index (χ3n) is 2.00. The van der Waals surface area contributed by atoms with Gasteiger partial charge in [-0.15, -0.1) is 0 Å². The molecule has 0 spiro atoms. The summed E-state index contributed by atoms with van der Waals surface area (Å²) in [7, 11) is 0. The van der Waals surface area contributed by atoms with Crippen molar-refractivity contribution in [2.75, 3.05) is 0 Å². The zero-order valence-corrected chi connectivity index (χ0v) is 17.0. The predicted molar refractivity (Wildman–Crippen MR) is 93.5 cm³/mol. The summed E-state index contributed by atoms with van der Waals surface area (Å²) in [6.07, 6.45) is 0. The van der Waals surface area contributed by atoms with Crippen molar-refractivity contribution < 1.29 is 4.74 Å². The average Bonchev–Trinajstić information content (AvgIpc) is 1.77. The third-order valence-corrected chi connectivity index (χ3v) is 10.4. The summed E-state index contributed by atoms with van der Waals surface area (Å²) >= 11 is 7.47. The van der Waals surface area contributed by atoms with E-state index < -0.39 is 0 Å². The molecule has 0 rings (SSSR count). The molecular weight excluding hydrogens is 529 g/mol. The molecule has 4 heteroatoms. The Bertz CT molecular complexity index is 221. The van der Waals surface area contributed by atoms with Gasteiger partial charge < -0.3 is 4.74 Å². The third kappa shape index (κ3) is 4.73. The van der Waals surface area contributed by atoms with E-state index in [0.717, 1.165) is 0 Å². The van der Waals surface area contributed by atoms with Crippen LogP contribution in [0.5, 0.6) is 0 Å². The van der Waals surface area contributed by atoms with Crippen LogP contribution in [0.4, 0.5) is 0 Å². The van der Waals surface area contributed by atoms with Crippen LogP contribution in [-0.4, -0.2) is 10.6 Å². The van der Waals surface area contributed by atoms with Crippen LogP contribution in [0.3, 0.4) is 0 Å². The van der Waals surface area contributed by atoms with E-state index in [1.165, 1.54) is 0 Å². The van der Waals surface area contributed by atoms with Gasteiger partial charge in [0.2, 0.25) is 0 Å². The molecule has 0 radical (unpaired) electrons. The van der Waals surface area contributed by atoms with E-state index in [2.05, 4.69) is 116 Å². The molecule has 1 unspecified atom stereocenters. The Hall–Kier alpha value is 2.15. The molecule has 1 atom stereocenters. The molecule has 0 aliphatic carbocycles. The van der Waals surface area contributed by atoms with Crippen LogP contribution in [0, 0.1) is 5.41 Å². The van der Waals surface area contributed by atoms with Gasteiger partial charge in [-0.05, 0) is 55.7 Å². The minimum Gasteiger partial charge on any atom is -0.357 e. The molecular formula is C11H21I3O. The lowest BCUT2D eigenvalue weighted by molar-refractivity contribution is -0.0717. The van der Waals surface area contributed by atoms with E-state index in [4.69, 9.17) is 4.74 Å². The SMILES string of the molecule is CC(C)(C)OC(C)(I)C(I)(I)C(C)(C)C. The number of alkyl halides is 3. The van der Waals surface area contributed by atoms with Crippen molar-refractivity contribution in [3.05, 3.63) is 0 Å². The highest BCUT2D eigenvalue weighted by molar-refractivity contribution is 14.2. The number of ether oxygens (including phenoxy) is 1. The number of hydrogen-bond donors (Lipinski definition) is 0. The normalized spacial score (nSPS) is 18.8. The number of hydrogen-bond acceptors (Lipinski definition) is 1. The summed E-state index contributed by atoms with van der Waals surface area (Å²) in [6, 6.07) is 0. The lowest BCUT2D eigenvalue weighted by atomic mass is 9.89. The first-order chi connectivity index (χ1) is 6.21. The van der Waals surface area contributed by atoms with E-state index in [1.54, 1.807) is 0 Å². The summed E-state index contributed by atoms with van der Waals surface area (Å²) in [5, 5.41) is 0. The van der Waals surface area contributed by atoms with Gasteiger partial charge in [-0.1, -0.05) is 66.0 Å². The Morgan fingerprint density at radius 1 is 0.733 bits per heavy atom. The van der Waals surface area contributed by atoms with Crippen molar-refractivity contribution in [1.29, 1.82) is 0 Å². The average molecular weight is 550 g/mol. The van der Waals surface area contributed by atoms with Crippen molar-refractivity contribution in [1.82, 2.24) is 0 Å². The second-order valence-corrected chi connectivity index (χ2v) is 13.3. The molecule has 15 heavy (non-hydrogen) atoms. The maximum absolute atomic E-state index is 6.19. The Morgan fingerprint density at radius 3 is 1.27 bits per heavy atom. The minimum absolute atomic E-state index is 0.0450. The quantitative estimate of drug-likeness (QED) is 0.323. The van der Waals surface area contributed by atoms with Crippen LogP contribution in [0.25, 0.3) is 0 Å². The Morgan fingerprint density at radius 2 is 1.07 bits per heavy atom. The Balaban J connectivity index is 5.03. The first-order valence-corrected chi connectivity index (χ1v) is 8.21. The summed E-state index contributed by atoms with van der Waals surface area (Å²) in [6.45, 7) is 15.3. The van der Waals surface area contributed by atoms with Crippen molar-refractivity contribution in [2.24, 2.45) is 5.41 Å². The zero-order valence-electron chi connectivity index (χ0n) is 10.5. The maximum atomic E-state index is 6.19. The van der Waals surface area contributed by atoms with Gasteiger partial charge in [0.25, 0.3) is 0 Å². The largest absolute Gasteiger partial charge is 0.357 e. The summed E-state index contributed by atoms with van der Waals surface area (Å²) < 4.78 is 6.04. The molecule has 0 aliphatic rings. The summed E-state index contributed by atoms with van der Waals surface area (Å²) in [5.74, 6) is 0. The molecule has 0 saturated carbocycles. The van der Waals surface area contributed by atoms with Gasteiger partial charge in [-0.25, -0.2) is 0 Å². The number of halogens is 3. The van der Waals surface area contributed by atoms with E-state index in [9.17, 15) is 0 Å². The molecule has 0 aromatic heterocycles. The van der Waals surface area contributed by atoms with Gasteiger partial charge >= 0.3 is 0 Å². The molecule has 0 heterocycles. The smallest absolute Gasteiger partial charge is 0.140 e. The fourth-order valence-electron chi connectivity index (χ4n) is 1.31. The van der Waals surface area contributed by atoms with Crippen molar-refractivity contribution in [3.63, 3.8) is 0 Å². The second-order valence-electron chi connectivity index (χ2n) is 5.96.